The van der Waals surface area contributed by atoms with Crippen LogP contribution in [0.5, 0.6) is 5.75 Å². The molecule has 1 aliphatic rings. The summed E-state index contributed by atoms with van der Waals surface area (Å²) < 4.78 is 14.1. The van der Waals surface area contributed by atoms with Gasteiger partial charge in [0, 0.05) is 24.1 Å². The number of thioether (sulfide) groups is 1. The van der Waals surface area contributed by atoms with Crippen molar-refractivity contribution < 1.29 is 23.9 Å². The van der Waals surface area contributed by atoms with Crippen molar-refractivity contribution in [2.75, 3.05) is 6.54 Å². The summed E-state index contributed by atoms with van der Waals surface area (Å²) in [5.41, 5.74) is 4.91. The van der Waals surface area contributed by atoms with Gasteiger partial charge in [0.25, 0.3) is 11.8 Å². The monoisotopic (exact) mass is 445 g/mol. The van der Waals surface area contributed by atoms with E-state index in [-0.39, 0.29) is 39.1 Å². The molecule has 0 spiro atoms. The zero-order valence-electron chi connectivity index (χ0n) is 15.4. The molecule has 1 saturated heterocycles. The number of nitrogens with one attached hydrogen (secondary N) is 2. The fourth-order valence-electron chi connectivity index (χ4n) is 2.55. The molecule has 1 aliphatic heterocycles. The van der Waals surface area contributed by atoms with Crippen LogP contribution in [0.3, 0.4) is 0 Å². The highest BCUT2D eigenvalue weighted by Crippen LogP contribution is 2.32. The third-order valence-corrected chi connectivity index (χ3v) is 5.43. The molecule has 0 saturated carbocycles. The lowest BCUT2D eigenvalue weighted by Crippen LogP contribution is -2.43. The molecule has 2 aromatic carbocycles. The number of carbonyl (C=O) groups is 3. The summed E-state index contributed by atoms with van der Waals surface area (Å²) in [6.45, 7) is 0.00705. The standard InChI is InChI=1S/C20H16FN3O4S2/c21-15-7-2-1-4-12(15)11-16-19(28)24(20(29)30-16)9-8-17(26)22-23-18(27)13-5-3-6-14(25)10-13/h1-7,10-11,25H,8-9H2,(H,22,26)(H,23,27). The van der Waals surface area contributed by atoms with Crippen molar-refractivity contribution in [3.8, 4) is 5.75 Å². The Morgan fingerprint density at radius 2 is 1.93 bits per heavy atom. The maximum Gasteiger partial charge on any atom is 0.269 e. The van der Waals surface area contributed by atoms with Gasteiger partial charge in [0.15, 0.2) is 0 Å². The van der Waals surface area contributed by atoms with E-state index in [1.807, 2.05) is 0 Å². The van der Waals surface area contributed by atoms with Gasteiger partial charge in [0.05, 0.1) is 4.91 Å². The average molecular weight is 445 g/mol. The minimum Gasteiger partial charge on any atom is -0.508 e. The van der Waals surface area contributed by atoms with Crippen molar-refractivity contribution in [2.45, 2.75) is 6.42 Å². The molecule has 0 bridgehead atoms. The molecule has 3 rings (SSSR count). The van der Waals surface area contributed by atoms with Gasteiger partial charge in [-0.1, -0.05) is 48.2 Å². The number of benzene rings is 2. The molecule has 1 fully saturated rings. The summed E-state index contributed by atoms with van der Waals surface area (Å²) in [5, 5.41) is 9.38. The molecule has 7 nitrogen and oxygen atoms in total. The third kappa shape index (κ3) is 5.22. The van der Waals surface area contributed by atoms with Gasteiger partial charge in [-0.15, -0.1) is 0 Å². The summed E-state index contributed by atoms with van der Waals surface area (Å²) in [6, 6.07) is 11.7. The van der Waals surface area contributed by atoms with Crippen LogP contribution < -0.4 is 10.9 Å². The van der Waals surface area contributed by atoms with Crippen LogP contribution in [0.25, 0.3) is 6.08 Å². The predicted octanol–water partition coefficient (Wildman–Crippen LogP) is 2.58. The van der Waals surface area contributed by atoms with Crippen LogP contribution in [0, 0.1) is 5.82 Å². The molecule has 1 heterocycles. The molecular formula is C20H16FN3O4S2. The first-order valence-electron chi connectivity index (χ1n) is 8.73. The normalized spacial score (nSPS) is 14.8. The lowest BCUT2D eigenvalue weighted by atomic mass is 10.2. The molecule has 0 atom stereocenters. The molecule has 154 valence electrons. The number of aromatic hydroxyl groups is 1. The predicted molar refractivity (Wildman–Crippen MR) is 115 cm³/mol. The van der Waals surface area contributed by atoms with Gasteiger partial charge in [-0.3, -0.25) is 30.1 Å². The van der Waals surface area contributed by atoms with Gasteiger partial charge in [-0.2, -0.15) is 0 Å². The Morgan fingerprint density at radius 3 is 2.67 bits per heavy atom. The number of hydrazine groups is 1. The highest BCUT2D eigenvalue weighted by molar-refractivity contribution is 8.26. The Labute approximate surface area is 180 Å². The number of hydrogen-bond donors (Lipinski definition) is 3. The fourth-order valence-corrected chi connectivity index (χ4v) is 3.85. The largest absolute Gasteiger partial charge is 0.508 e. The van der Waals surface area contributed by atoms with E-state index < -0.39 is 23.5 Å². The van der Waals surface area contributed by atoms with Crippen LogP contribution in [0.4, 0.5) is 4.39 Å². The number of phenols is 1. The first kappa shape index (κ1) is 21.5. The Bertz CT molecular complexity index is 1060. The topological polar surface area (TPSA) is 98.7 Å². The van der Waals surface area contributed by atoms with Crippen LogP contribution in [0.15, 0.2) is 53.4 Å². The second-order valence-electron chi connectivity index (χ2n) is 6.16. The maximum absolute atomic E-state index is 13.8. The molecule has 3 amide bonds. The second-order valence-corrected chi connectivity index (χ2v) is 7.83. The Morgan fingerprint density at radius 1 is 1.17 bits per heavy atom. The lowest BCUT2D eigenvalue weighted by Gasteiger charge is -2.14. The summed E-state index contributed by atoms with van der Waals surface area (Å²) >= 11 is 6.22. The average Bonchev–Trinajstić information content (AvgIpc) is 2.99. The van der Waals surface area contributed by atoms with Crippen molar-refractivity contribution in [3.63, 3.8) is 0 Å². The Hall–Kier alpha value is -3.24. The van der Waals surface area contributed by atoms with Crippen molar-refractivity contribution in [1.29, 1.82) is 0 Å². The number of carbonyl (C=O) groups excluding carboxylic acids is 3. The molecule has 0 aromatic heterocycles. The molecule has 2 aromatic rings. The van der Waals surface area contributed by atoms with Crippen LogP contribution in [-0.2, 0) is 9.59 Å². The molecule has 0 aliphatic carbocycles. The van der Waals surface area contributed by atoms with Crippen LogP contribution in [0.2, 0.25) is 0 Å². The first-order valence-corrected chi connectivity index (χ1v) is 9.96. The number of halogens is 1. The number of amides is 3. The minimum atomic E-state index is -0.599. The van der Waals surface area contributed by atoms with E-state index >= 15 is 0 Å². The smallest absolute Gasteiger partial charge is 0.269 e. The molecular weight excluding hydrogens is 429 g/mol. The fraction of sp³-hybridized carbons (Fsp3) is 0.100. The Balaban J connectivity index is 1.53. The van der Waals surface area contributed by atoms with E-state index in [0.717, 1.165) is 11.8 Å². The molecule has 0 radical (unpaired) electrons. The summed E-state index contributed by atoms with van der Waals surface area (Å²) in [7, 11) is 0. The molecule has 0 unspecified atom stereocenters. The van der Waals surface area contributed by atoms with Crippen molar-refractivity contribution >= 4 is 52.1 Å². The van der Waals surface area contributed by atoms with E-state index in [1.165, 1.54) is 41.3 Å². The number of phenolic OH excluding ortho intramolecular Hbond substituents is 1. The number of rotatable bonds is 5. The Kier molecular flexibility index (Phi) is 6.80. The molecule has 30 heavy (non-hydrogen) atoms. The van der Waals surface area contributed by atoms with Gasteiger partial charge in [-0.25, -0.2) is 4.39 Å². The zero-order chi connectivity index (χ0) is 21.7. The molecule has 10 heteroatoms. The van der Waals surface area contributed by atoms with E-state index in [4.69, 9.17) is 12.2 Å². The van der Waals surface area contributed by atoms with Crippen LogP contribution >= 0.6 is 24.0 Å². The van der Waals surface area contributed by atoms with Gasteiger partial charge in [0.1, 0.15) is 15.9 Å². The zero-order valence-corrected chi connectivity index (χ0v) is 17.1. The van der Waals surface area contributed by atoms with Crippen LogP contribution in [-0.4, -0.2) is 38.6 Å². The maximum atomic E-state index is 13.8. The highest BCUT2D eigenvalue weighted by atomic mass is 32.2. The van der Waals surface area contributed by atoms with Crippen molar-refractivity contribution in [1.82, 2.24) is 15.8 Å². The number of nitrogens with zero attached hydrogens (tertiary/aromatic N) is 1. The summed E-state index contributed by atoms with van der Waals surface area (Å²) in [5.74, 6) is -2.07. The second kappa shape index (κ2) is 9.51. The lowest BCUT2D eigenvalue weighted by molar-refractivity contribution is -0.124. The van der Waals surface area contributed by atoms with Gasteiger partial charge >= 0.3 is 0 Å². The number of hydrogen-bond acceptors (Lipinski definition) is 6. The summed E-state index contributed by atoms with van der Waals surface area (Å²) in [4.78, 5) is 38.0. The summed E-state index contributed by atoms with van der Waals surface area (Å²) in [6.07, 6.45) is 1.31. The highest BCUT2D eigenvalue weighted by Gasteiger charge is 2.32. The van der Waals surface area contributed by atoms with Gasteiger partial charge in [0.2, 0.25) is 5.91 Å². The van der Waals surface area contributed by atoms with Gasteiger partial charge in [-0.05, 0) is 30.3 Å². The van der Waals surface area contributed by atoms with E-state index in [9.17, 15) is 23.9 Å². The van der Waals surface area contributed by atoms with E-state index in [2.05, 4.69) is 10.9 Å². The van der Waals surface area contributed by atoms with Gasteiger partial charge < -0.3 is 5.11 Å². The van der Waals surface area contributed by atoms with E-state index in [1.54, 1.807) is 18.2 Å². The van der Waals surface area contributed by atoms with Crippen LogP contribution in [0.1, 0.15) is 22.3 Å². The minimum absolute atomic E-state index is 0.00705. The number of thiocarbonyl (C=S) groups is 1. The quantitative estimate of drug-likeness (QED) is 0.372. The van der Waals surface area contributed by atoms with E-state index in [0.29, 0.717) is 0 Å². The first-order chi connectivity index (χ1) is 14.3. The SMILES string of the molecule is O=C(CCN1C(=O)C(=Cc2ccccc2F)SC1=S)NNC(=O)c1cccc(O)c1. The third-order valence-electron chi connectivity index (χ3n) is 4.05. The molecule has 3 N–H and O–H groups in total. The van der Waals surface area contributed by atoms with Crippen molar-refractivity contribution in [2.24, 2.45) is 0 Å². The van der Waals surface area contributed by atoms with Crippen molar-refractivity contribution in [3.05, 3.63) is 70.4 Å².